The highest BCUT2D eigenvalue weighted by Crippen LogP contribution is 2.25. The maximum atomic E-state index is 12.0. The van der Waals surface area contributed by atoms with E-state index in [1.54, 1.807) is 49.4 Å². The summed E-state index contributed by atoms with van der Waals surface area (Å²) in [6, 6.07) is 11.3. The molecule has 3 N–H and O–H groups in total. The molecule has 164 valence electrons. The zero-order valence-electron chi connectivity index (χ0n) is 16.9. The molecule has 1 atom stereocenters. The van der Waals surface area contributed by atoms with E-state index in [2.05, 4.69) is 21.2 Å². The molecule has 0 radical (unpaired) electrons. The Morgan fingerprint density at radius 2 is 1.77 bits per heavy atom. The molecule has 0 aliphatic heterocycles. The maximum absolute atomic E-state index is 12.0. The number of anilines is 1. The topological polar surface area (TPSA) is 109 Å². The van der Waals surface area contributed by atoms with Crippen LogP contribution >= 0.6 is 23.2 Å². The molecule has 0 spiro atoms. The van der Waals surface area contributed by atoms with Crippen molar-refractivity contribution < 1.29 is 19.1 Å². The third-order valence-corrected chi connectivity index (χ3v) is 4.77. The van der Waals surface area contributed by atoms with E-state index < -0.39 is 11.8 Å². The first-order valence-electron chi connectivity index (χ1n) is 9.40. The molecule has 10 heteroatoms. The summed E-state index contributed by atoms with van der Waals surface area (Å²) >= 11 is 11.8. The van der Waals surface area contributed by atoms with Gasteiger partial charge in [0.15, 0.2) is 6.61 Å². The van der Waals surface area contributed by atoms with Crippen molar-refractivity contribution in [2.75, 3.05) is 11.9 Å². The first-order chi connectivity index (χ1) is 14.8. The average molecular weight is 465 g/mol. The standard InChI is InChI=1S/C21H22Cl2N4O4/c1-3-13(2)25-20(29)21(30)27-24-11-14-4-7-16(8-5-14)31-12-19(28)26-15-6-9-17(22)18(23)10-15/h4-11,13H,3,12H2,1-2H3,(H,25,29)(H,26,28)(H,27,30)/b24-11-/t13-/m0/s1. The van der Waals surface area contributed by atoms with E-state index in [0.717, 1.165) is 0 Å². The Hall–Kier alpha value is -3.10. The molecule has 31 heavy (non-hydrogen) atoms. The molecule has 2 aromatic carbocycles. The predicted octanol–water partition coefficient (Wildman–Crippen LogP) is 3.38. The second-order valence-corrected chi connectivity index (χ2v) is 7.33. The monoisotopic (exact) mass is 464 g/mol. The molecule has 0 bridgehead atoms. The van der Waals surface area contributed by atoms with Crippen molar-refractivity contribution in [2.24, 2.45) is 5.10 Å². The summed E-state index contributed by atoms with van der Waals surface area (Å²) in [5.41, 5.74) is 3.33. The lowest BCUT2D eigenvalue weighted by molar-refractivity contribution is -0.139. The van der Waals surface area contributed by atoms with Crippen molar-refractivity contribution in [3.63, 3.8) is 0 Å². The quantitative estimate of drug-likeness (QED) is 0.316. The van der Waals surface area contributed by atoms with Crippen LogP contribution in [0, 0.1) is 0 Å². The van der Waals surface area contributed by atoms with Crippen LogP contribution in [0.25, 0.3) is 0 Å². The highest BCUT2D eigenvalue weighted by Gasteiger charge is 2.14. The Balaban J connectivity index is 1.78. The van der Waals surface area contributed by atoms with Gasteiger partial charge >= 0.3 is 11.8 Å². The van der Waals surface area contributed by atoms with E-state index in [4.69, 9.17) is 27.9 Å². The fourth-order valence-electron chi connectivity index (χ4n) is 2.18. The summed E-state index contributed by atoms with van der Waals surface area (Å²) in [6.07, 6.45) is 2.10. The Kier molecular flexibility index (Phi) is 9.30. The van der Waals surface area contributed by atoms with Crippen LogP contribution in [-0.4, -0.2) is 36.6 Å². The van der Waals surface area contributed by atoms with Gasteiger partial charge in [0.2, 0.25) is 0 Å². The van der Waals surface area contributed by atoms with Crippen LogP contribution < -0.4 is 20.8 Å². The number of benzene rings is 2. The van der Waals surface area contributed by atoms with Gasteiger partial charge in [0, 0.05) is 11.7 Å². The molecule has 0 heterocycles. The number of amides is 3. The van der Waals surface area contributed by atoms with Crippen molar-refractivity contribution in [1.29, 1.82) is 0 Å². The zero-order chi connectivity index (χ0) is 22.8. The lowest BCUT2D eigenvalue weighted by Gasteiger charge is -2.09. The molecule has 0 aliphatic carbocycles. The number of rotatable bonds is 8. The molecule has 8 nitrogen and oxygen atoms in total. The normalized spacial score (nSPS) is 11.6. The van der Waals surface area contributed by atoms with Crippen molar-refractivity contribution in [3.8, 4) is 5.75 Å². The van der Waals surface area contributed by atoms with Gasteiger partial charge in [-0.2, -0.15) is 5.10 Å². The molecule has 0 unspecified atom stereocenters. The first kappa shape index (κ1) is 24.2. The number of ether oxygens (including phenoxy) is 1. The number of hydrogen-bond donors (Lipinski definition) is 3. The van der Waals surface area contributed by atoms with Gasteiger partial charge in [-0.1, -0.05) is 30.1 Å². The summed E-state index contributed by atoms with van der Waals surface area (Å²) in [7, 11) is 0. The molecule has 0 aliphatic rings. The van der Waals surface area contributed by atoms with E-state index in [1.165, 1.54) is 6.21 Å². The summed E-state index contributed by atoms with van der Waals surface area (Å²) in [4.78, 5) is 35.2. The van der Waals surface area contributed by atoms with Crippen LogP contribution in [0.3, 0.4) is 0 Å². The Morgan fingerprint density at radius 1 is 1.06 bits per heavy atom. The number of hydrogen-bond acceptors (Lipinski definition) is 5. The van der Waals surface area contributed by atoms with E-state index in [-0.39, 0.29) is 18.6 Å². The lowest BCUT2D eigenvalue weighted by Crippen LogP contribution is -2.41. The third kappa shape index (κ3) is 8.27. The fraction of sp³-hybridized carbons (Fsp3) is 0.238. The Bertz CT molecular complexity index is 964. The molecule has 0 saturated carbocycles. The first-order valence-corrected chi connectivity index (χ1v) is 10.2. The number of halogens is 2. The number of carbonyl (C=O) groups is 3. The molecular formula is C21H22Cl2N4O4. The SMILES string of the molecule is CC[C@H](C)NC(=O)C(=O)N/N=C\c1ccc(OCC(=O)Nc2ccc(Cl)c(Cl)c2)cc1. The van der Waals surface area contributed by atoms with E-state index in [9.17, 15) is 14.4 Å². The van der Waals surface area contributed by atoms with Crippen molar-refractivity contribution >= 4 is 52.8 Å². The van der Waals surface area contributed by atoms with Gasteiger partial charge in [0.1, 0.15) is 5.75 Å². The minimum atomic E-state index is -0.843. The number of hydrazone groups is 1. The number of nitrogens with one attached hydrogen (secondary N) is 3. The van der Waals surface area contributed by atoms with Gasteiger partial charge < -0.3 is 15.4 Å². The van der Waals surface area contributed by atoms with E-state index >= 15 is 0 Å². The third-order valence-electron chi connectivity index (χ3n) is 4.03. The molecule has 0 fully saturated rings. The predicted molar refractivity (Wildman–Crippen MR) is 121 cm³/mol. The minimum Gasteiger partial charge on any atom is -0.484 e. The summed E-state index contributed by atoms with van der Waals surface area (Å²) in [6.45, 7) is 3.50. The zero-order valence-corrected chi connectivity index (χ0v) is 18.5. The molecular weight excluding hydrogens is 443 g/mol. The van der Waals surface area contributed by atoms with Crippen LogP contribution in [0.5, 0.6) is 5.75 Å². The van der Waals surface area contributed by atoms with Gasteiger partial charge in [0.25, 0.3) is 5.91 Å². The van der Waals surface area contributed by atoms with Crippen molar-refractivity contribution in [1.82, 2.24) is 10.7 Å². The van der Waals surface area contributed by atoms with Gasteiger partial charge in [-0.05, 0) is 61.4 Å². The van der Waals surface area contributed by atoms with Gasteiger partial charge in [0.05, 0.1) is 16.3 Å². The second kappa shape index (κ2) is 11.9. The van der Waals surface area contributed by atoms with E-state index in [1.807, 2.05) is 6.92 Å². The van der Waals surface area contributed by atoms with Crippen molar-refractivity contribution in [2.45, 2.75) is 26.3 Å². The Labute approximate surface area is 189 Å². The average Bonchev–Trinajstić information content (AvgIpc) is 2.75. The van der Waals surface area contributed by atoms with Crippen LogP contribution in [0.15, 0.2) is 47.6 Å². The number of nitrogens with zero attached hydrogens (tertiary/aromatic N) is 1. The van der Waals surface area contributed by atoms with Crippen LogP contribution in [0.2, 0.25) is 10.0 Å². The largest absolute Gasteiger partial charge is 0.484 e. The summed E-state index contributed by atoms with van der Waals surface area (Å²) in [5, 5.41) is 9.68. The van der Waals surface area contributed by atoms with Gasteiger partial charge in [-0.15, -0.1) is 0 Å². The summed E-state index contributed by atoms with van der Waals surface area (Å²) < 4.78 is 5.43. The van der Waals surface area contributed by atoms with Gasteiger partial charge in [-0.25, -0.2) is 5.43 Å². The highest BCUT2D eigenvalue weighted by molar-refractivity contribution is 6.42. The highest BCUT2D eigenvalue weighted by atomic mass is 35.5. The second-order valence-electron chi connectivity index (χ2n) is 6.52. The molecule has 0 saturated heterocycles. The maximum Gasteiger partial charge on any atom is 0.329 e. The minimum absolute atomic E-state index is 0.0964. The fourth-order valence-corrected chi connectivity index (χ4v) is 2.48. The van der Waals surface area contributed by atoms with Crippen molar-refractivity contribution in [3.05, 3.63) is 58.1 Å². The van der Waals surface area contributed by atoms with E-state index in [0.29, 0.717) is 33.5 Å². The van der Waals surface area contributed by atoms with Crippen LogP contribution in [0.1, 0.15) is 25.8 Å². The van der Waals surface area contributed by atoms with Crippen LogP contribution in [-0.2, 0) is 14.4 Å². The molecule has 2 rings (SSSR count). The Morgan fingerprint density at radius 3 is 2.42 bits per heavy atom. The molecule has 3 amide bonds. The number of carbonyl (C=O) groups excluding carboxylic acids is 3. The van der Waals surface area contributed by atoms with Gasteiger partial charge in [-0.3, -0.25) is 14.4 Å². The molecule has 2 aromatic rings. The molecule has 0 aromatic heterocycles. The summed E-state index contributed by atoms with van der Waals surface area (Å²) in [5.74, 6) is -1.47. The lowest BCUT2D eigenvalue weighted by atomic mass is 10.2. The smallest absolute Gasteiger partial charge is 0.329 e. The van der Waals surface area contributed by atoms with Crippen LogP contribution in [0.4, 0.5) is 5.69 Å².